The number of ether oxygens (including phenoxy) is 1. The van der Waals surface area contributed by atoms with E-state index in [-0.39, 0.29) is 36.5 Å². The van der Waals surface area contributed by atoms with Crippen LogP contribution in [0.4, 0.5) is 13.6 Å². The number of aryl methyl sites for hydroxylation is 1. The first-order chi connectivity index (χ1) is 20.0. The number of hydrogen-bond donors (Lipinski definition) is 3. The first-order valence-electron chi connectivity index (χ1n) is 14.6. The van der Waals surface area contributed by atoms with Gasteiger partial charge < -0.3 is 30.3 Å². The SMILES string of the molecule is CCCN(CCC)C(=O)c1cc(C)cc(C(=O)N[C@@H](Cc2cc(F)cc(F)c2)[C@H](O)CNC[C@H]2CN(CC)C(=O)O2)c1. The number of aliphatic hydroxyl groups is 1. The minimum atomic E-state index is -1.16. The van der Waals surface area contributed by atoms with Gasteiger partial charge in [0.15, 0.2) is 0 Å². The molecule has 1 aliphatic rings. The topological polar surface area (TPSA) is 111 Å². The van der Waals surface area contributed by atoms with Crippen LogP contribution in [0.1, 0.15) is 65.5 Å². The summed E-state index contributed by atoms with van der Waals surface area (Å²) in [6.45, 7) is 10.1. The van der Waals surface area contributed by atoms with Gasteiger partial charge in [-0.05, 0) is 74.6 Å². The van der Waals surface area contributed by atoms with Crippen molar-refractivity contribution in [2.45, 2.75) is 65.2 Å². The van der Waals surface area contributed by atoms with E-state index < -0.39 is 41.9 Å². The number of rotatable bonds is 15. The molecule has 2 aromatic rings. The Labute approximate surface area is 246 Å². The summed E-state index contributed by atoms with van der Waals surface area (Å²) < 4.78 is 33.2. The summed E-state index contributed by atoms with van der Waals surface area (Å²) >= 11 is 0. The molecule has 0 spiro atoms. The summed E-state index contributed by atoms with van der Waals surface area (Å²) in [5.41, 5.74) is 1.60. The Morgan fingerprint density at radius 3 is 2.29 bits per heavy atom. The number of likely N-dealkylation sites (N-methyl/N-ethyl adjacent to an activating group) is 1. The van der Waals surface area contributed by atoms with Gasteiger partial charge in [0.1, 0.15) is 17.7 Å². The summed E-state index contributed by atoms with van der Waals surface area (Å²) in [4.78, 5) is 41.8. The molecule has 0 saturated carbocycles. The van der Waals surface area contributed by atoms with Crippen molar-refractivity contribution in [2.24, 2.45) is 0 Å². The number of nitrogens with zero attached hydrogens (tertiary/aromatic N) is 2. The Kier molecular flexibility index (Phi) is 12.2. The number of carbonyl (C=O) groups excluding carboxylic acids is 3. The molecule has 9 nitrogen and oxygen atoms in total. The summed E-state index contributed by atoms with van der Waals surface area (Å²) in [6, 6.07) is 7.04. The predicted molar refractivity (Wildman–Crippen MR) is 155 cm³/mol. The molecule has 0 unspecified atom stereocenters. The maximum absolute atomic E-state index is 13.9. The van der Waals surface area contributed by atoms with Gasteiger partial charge in [-0.3, -0.25) is 9.59 Å². The van der Waals surface area contributed by atoms with Gasteiger partial charge >= 0.3 is 6.09 Å². The van der Waals surface area contributed by atoms with Crippen LogP contribution >= 0.6 is 0 Å². The van der Waals surface area contributed by atoms with Crippen LogP contribution in [-0.2, 0) is 11.2 Å². The predicted octanol–water partition coefficient (Wildman–Crippen LogP) is 3.67. The molecule has 1 heterocycles. The highest BCUT2D eigenvalue weighted by molar-refractivity contribution is 6.00. The van der Waals surface area contributed by atoms with Crippen molar-refractivity contribution in [1.82, 2.24) is 20.4 Å². The van der Waals surface area contributed by atoms with E-state index in [4.69, 9.17) is 4.74 Å². The van der Waals surface area contributed by atoms with Crippen molar-refractivity contribution in [2.75, 3.05) is 39.3 Å². The van der Waals surface area contributed by atoms with E-state index in [0.717, 1.165) is 36.6 Å². The van der Waals surface area contributed by atoms with E-state index >= 15 is 0 Å². The Balaban J connectivity index is 1.77. The lowest BCUT2D eigenvalue weighted by Crippen LogP contribution is -2.49. The molecule has 0 aromatic heterocycles. The van der Waals surface area contributed by atoms with E-state index in [1.54, 1.807) is 28.9 Å². The summed E-state index contributed by atoms with van der Waals surface area (Å²) in [5.74, 6) is -2.23. The number of cyclic esters (lactones) is 1. The van der Waals surface area contributed by atoms with Crippen LogP contribution < -0.4 is 10.6 Å². The number of hydrogen-bond acceptors (Lipinski definition) is 6. The fourth-order valence-electron chi connectivity index (χ4n) is 5.07. The van der Waals surface area contributed by atoms with Gasteiger partial charge in [0, 0.05) is 49.9 Å². The van der Waals surface area contributed by atoms with Crippen LogP contribution in [0.15, 0.2) is 36.4 Å². The molecule has 3 atom stereocenters. The Morgan fingerprint density at radius 1 is 1.05 bits per heavy atom. The van der Waals surface area contributed by atoms with Crippen molar-refractivity contribution in [1.29, 1.82) is 0 Å². The fraction of sp³-hybridized carbons (Fsp3) is 0.516. The molecule has 2 aromatic carbocycles. The van der Waals surface area contributed by atoms with E-state index in [1.165, 1.54) is 6.07 Å². The minimum absolute atomic E-state index is 0.0173. The highest BCUT2D eigenvalue weighted by atomic mass is 19.1. The third-order valence-electron chi connectivity index (χ3n) is 7.08. The zero-order valence-corrected chi connectivity index (χ0v) is 24.8. The lowest BCUT2D eigenvalue weighted by molar-refractivity contribution is 0.0755. The van der Waals surface area contributed by atoms with Crippen molar-refractivity contribution in [3.8, 4) is 0 Å². The second kappa shape index (κ2) is 15.6. The summed E-state index contributed by atoms with van der Waals surface area (Å²) in [6.07, 6.45) is -0.387. The average molecular weight is 589 g/mol. The fourth-order valence-corrected chi connectivity index (χ4v) is 5.07. The van der Waals surface area contributed by atoms with Crippen molar-refractivity contribution >= 4 is 17.9 Å². The van der Waals surface area contributed by atoms with Crippen LogP contribution in [0.2, 0.25) is 0 Å². The van der Waals surface area contributed by atoms with E-state index in [1.807, 2.05) is 20.8 Å². The largest absolute Gasteiger partial charge is 0.443 e. The minimum Gasteiger partial charge on any atom is -0.443 e. The van der Waals surface area contributed by atoms with Gasteiger partial charge in [-0.15, -0.1) is 0 Å². The van der Waals surface area contributed by atoms with Gasteiger partial charge in [0.25, 0.3) is 11.8 Å². The van der Waals surface area contributed by atoms with Gasteiger partial charge in [-0.2, -0.15) is 0 Å². The van der Waals surface area contributed by atoms with E-state index in [9.17, 15) is 28.3 Å². The molecule has 3 amide bonds. The molecule has 0 radical (unpaired) electrons. The maximum Gasteiger partial charge on any atom is 0.410 e. The maximum atomic E-state index is 13.9. The molecule has 3 rings (SSSR count). The van der Waals surface area contributed by atoms with Crippen LogP contribution in [0.3, 0.4) is 0 Å². The second-order valence-electron chi connectivity index (χ2n) is 10.7. The molecule has 0 bridgehead atoms. The standard InChI is InChI=1S/C31H42F2N4O5/c1-5-8-37(9-6-2)30(40)23-11-20(4)10-22(15-23)29(39)35-27(14-21-12-24(32)16-25(33)13-21)28(38)18-34-17-26-19-36(7-3)31(41)42-26/h10-13,15-16,26-28,34,38H,5-9,14,17-19H2,1-4H3,(H,35,39)/t26-,27-,28+/m0/s1. The zero-order chi connectivity index (χ0) is 30.8. The van der Waals surface area contributed by atoms with E-state index in [2.05, 4.69) is 10.6 Å². The molecular weight excluding hydrogens is 546 g/mol. The van der Waals surface area contributed by atoms with Crippen molar-refractivity contribution in [3.63, 3.8) is 0 Å². The van der Waals surface area contributed by atoms with Crippen LogP contribution in [0, 0.1) is 18.6 Å². The second-order valence-corrected chi connectivity index (χ2v) is 10.7. The monoisotopic (exact) mass is 588 g/mol. The van der Waals surface area contributed by atoms with Crippen LogP contribution in [0.25, 0.3) is 0 Å². The first-order valence-corrected chi connectivity index (χ1v) is 14.6. The summed E-state index contributed by atoms with van der Waals surface area (Å²) in [7, 11) is 0. The molecule has 3 N–H and O–H groups in total. The number of nitrogens with one attached hydrogen (secondary N) is 2. The number of amides is 3. The Bertz CT molecular complexity index is 1220. The lowest BCUT2D eigenvalue weighted by Gasteiger charge is -2.26. The Hall–Kier alpha value is -3.57. The van der Waals surface area contributed by atoms with E-state index in [0.29, 0.717) is 31.7 Å². The smallest absolute Gasteiger partial charge is 0.410 e. The van der Waals surface area contributed by atoms with Gasteiger partial charge in [-0.25, -0.2) is 13.6 Å². The molecule has 1 saturated heterocycles. The highest BCUT2D eigenvalue weighted by Gasteiger charge is 2.30. The molecule has 1 aliphatic heterocycles. The van der Waals surface area contributed by atoms with Crippen molar-refractivity contribution in [3.05, 3.63) is 70.3 Å². The molecule has 42 heavy (non-hydrogen) atoms. The average Bonchev–Trinajstić information content (AvgIpc) is 3.30. The van der Waals surface area contributed by atoms with Crippen molar-refractivity contribution < 1.29 is 33.0 Å². The summed E-state index contributed by atoms with van der Waals surface area (Å²) in [5, 5.41) is 16.9. The number of carbonyl (C=O) groups is 3. The number of benzene rings is 2. The van der Waals surface area contributed by atoms with Gasteiger partial charge in [0.05, 0.1) is 18.7 Å². The highest BCUT2D eigenvalue weighted by Crippen LogP contribution is 2.16. The number of aliphatic hydroxyl groups excluding tert-OH is 1. The molecule has 1 fully saturated rings. The molecule has 11 heteroatoms. The zero-order valence-electron chi connectivity index (χ0n) is 24.8. The van der Waals surface area contributed by atoms with Gasteiger partial charge in [0.2, 0.25) is 0 Å². The first kappa shape index (κ1) is 32.9. The third-order valence-corrected chi connectivity index (χ3v) is 7.08. The Morgan fingerprint density at radius 2 is 1.69 bits per heavy atom. The quantitative estimate of drug-likeness (QED) is 0.293. The van der Waals surface area contributed by atoms with Gasteiger partial charge in [-0.1, -0.05) is 13.8 Å². The normalized spacial score (nSPS) is 16.2. The molecular formula is C31H42F2N4O5. The number of halogens is 2. The lowest BCUT2D eigenvalue weighted by atomic mass is 9.99. The molecule has 230 valence electrons. The van der Waals surface area contributed by atoms with Crippen LogP contribution in [-0.4, -0.2) is 90.3 Å². The third kappa shape index (κ3) is 9.22. The van der Waals surface area contributed by atoms with Crippen LogP contribution in [0.5, 0.6) is 0 Å². The molecule has 0 aliphatic carbocycles.